The van der Waals surface area contributed by atoms with E-state index in [9.17, 15) is 4.21 Å². The van der Waals surface area contributed by atoms with Gasteiger partial charge in [0.05, 0.1) is 10.4 Å². The summed E-state index contributed by atoms with van der Waals surface area (Å²) in [5.74, 6) is 0. The summed E-state index contributed by atoms with van der Waals surface area (Å²) < 4.78 is 16.8. The molecule has 0 spiro atoms. The van der Waals surface area contributed by atoms with Crippen molar-refractivity contribution in [1.82, 2.24) is 0 Å². The summed E-state index contributed by atoms with van der Waals surface area (Å²) in [7, 11) is 4.85. The van der Waals surface area contributed by atoms with Crippen LogP contribution in [0.5, 0.6) is 0 Å². The molecule has 0 amide bonds. The van der Waals surface area contributed by atoms with Gasteiger partial charge in [0.2, 0.25) is 0 Å². The van der Waals surface area contributed by atoms with Crippen molar-refractivity contribution in [3.8, 4) is 0 Å². The zero-order chi connectivity index (χ0) is 14.3. The first-order valence-electron chi connectivity index (χ1n) is 5.77. The lowest BCUT2D eigenvalue weighted by atomic mass is 9.81. The van der Waals surface area contributed by atoms with Gasteiger partial charge in [-0.05, 0) is 23.7 Å². The predicted molar refractivity (Wildman–Crippen MR) is 96.2 cm³/mol. The summed E-state index contributed by atoms with van der Waals surface area (Å²) in [5, 5.41) is 0. The number of allylic oxidation sites excluding steroid dienone is 2. The highest BCUT2D eigenvalue weighted by molar-refractivity contribution is 8.66. The van der Waals surface area contributed by atoms with E-state index < -0.39 is 11.0 Å². The Hall–Kier alpha value is 1.28. The SMILES string of the molecule is CC(C)(C)C1=C(C(C)(C)C)S(=O)N=C1P(P)PP. The zero-order valence-corrected chi connectivity index (χ0v) is 16.9. The highest BCUT2D eigenvalue weighted by atomic mass is 32.6. The molecule has 0 fully saturated rings. The van der Waals surface area contributed by atoms with Crippen LogP contribution in [0.15, 0.2) is 14.9 Å². The molecule has 0 N–H and O–H groups in total. The molecule has 1 heterocycles. The van der Waals surface area contributed by atoms with Crippen LogP contribution in [0.2, 0.25) is 0 Å². The second-order valence-electron chi connectivity index (χ2n) is 6.37. The third kappa shape index (κ3) is 3.68. The fourth-order valence-electron chi connectivity index (χ4n) is 1.90. The van der Waals surface area contributed by atoms with Gasteiger partial charge in [0.15, 0.2) is 11.0 Å². The van der Waals surface area contributed by atoms with Gasteiger partial charge in [-0.25, -0.2) is 4.21 Å². The van der Waals surface area contributed by atoms with E-state index in [0.29, 0.717) is 0 Å². The molecule has 0 radical (unpaired) electrons. The van der Waals surface area contributed by atoms with Crippen LogP contribution < -0.4 is 0 Å². The van der Waals surface area contributed by atoms with Gasteiger partial charge in [-0.1, -0.05) is 49.5 Å². The van der Waals surface area contributed by atoms with E-state index in [-0.39, 0.29) is 18.1 Å². The molecule has 5 unspecified atom stereocenters. The first kappa shape index (κ1) is 17.3. The smallest absolute Gasteiger partial charge is 0.169 e. The van der Waals surface area contributed by atoms with Crippen LogP contribution in [0.3, 0.4) is 0 Å². The lowest BCUT2D eigenvalue weighted by Gasteiger charge is -2.29. The Morgan fingerprint density at radius 1 is 1.17 bits per heavy atom. The standard InChI is InChI=1S/C11H23NOP4S/c1-10(2,3)7-8(11(4,5)6)18(13)12-9(7)17(15)16-14/h16H,14-15H2,1-6H3. The third-order valence-corrected chi connectivity index (χ3v) is 14.0. The van der Waals surface area contributed by atoms with Crippen molar-refractivity contribution < 1.29 is 4.21 Å². The van der Waals surface area contributed by atoms with E-state index in [1.165, 1.54) is 5.57 Å². The molecule has 7 heteroatoms. The van der Waals surface area contributed by atoms with Crippen molar-refractivity contribution in [1.29, 1.82) is 0 Å². The molecule has 5 atom stereocenters. The minimum atomic E-state index is -1.19. The maximum absolute atomic E-state index is 12.4. The molecule has 2 nitrogen and oxygen atoms in total. The lowest BCUT2D eigenvalue weighted by molar-refractivity contribution is 0.480. The van der Waals surface area contributed by atoms with Crippen molar-refractivity contribution in [3.05, 3.63) is 10.5 Å². The molecule has 0 aliphatic carbocycles. The van der Waals surface area contributed by atoms with Gasteiger partial charge in [-0.15, -0.1) is 17.9 Å². The van der Waals surface area contributed by atoms with Crippen LogP contribution in [-0.2, 0) is 11.0 Å². The fraction of sp³-hybridized carbons (Fsp3) is 0.727. The number of hydrogen-bond donors (Lipinski definition) is 0. The van der Waals surface area contributed by atoms with Crippen LogP contribution >= 0.6 is 33.1 Å². The molecular formula is C11H23NOP4S. The molecule has 0 aromatic heterocycles. The minimum Gasteiger partial charge on any atom is -0.230 e. The van der Waals surface area contributed by atoms with Crippen LogP contribution in [-0.4, -0.2) is 9.66 Å². The van der Waals surface area contributed by atoms with E-state index in [1.807, 2.05) is 0 Å². The van der Waals surface area contributed by atoms with Crippen molar-refractivity contribution in [3.63, 3.8) is 0 Å². The molecule has 0 saturated heterocycles. The zero-order valence-electron chi connectivity index (χ0n) is 11.9. The van der Waals surface area contributed by atoms with Crippen molar-refractivity contribution in [2.24, 2.45) is 15.2 Å². The minimum absolute atomic E-state index is 0.00488. The quantitative estimate of drug-likeness (QED) is 0.645. The molecule has 1 rings (SSSR count). The monoisotopic (exact) mass is 341 g/mol. The van der Waals surface area contributed by atoms with Crippen molar-refractivity contribution >= 4 is 49.6 Å². The summed E-state index contributed by atoms with van der Waals surface area (Å²) in [6.45, 7) is 12.9. The van der Waals surface area contributed by atoms with Crippen molar-refractivity contribution in [2.75, 3.05) is 0 Å². The molecule has 104 valence electrons. The molecule has 1 aliphatic heterocycles. The third-order valence-electron chi connectivity index (χ3n) is 2.59. The maximum atomic E-state index is 12.4. The molecular weight excluding hydrogens is 318 g/mol. The normalized spacial score (nSPS) is 24.0. The molecule has 18 heavy (non-hydrogen) atoms. The highest BCUT2D eigenvalue weighted by Gasteiger charge is 2.40. The Morgan fingerprint density at radius 2 is 1.67 bits per heavy atom. The second-order valence-corrected chi connectivity index (χ2v) is 16.5. The fourth-order valence-corrected chi connectivity index (χ4v) is 7.78. The molecule has 0 aromatic rings. The van der Waals surface area contributed by atoms with Gasteiger partial charge in [-0.3, -0.25) is 0 Å². The first-order chi connectivity index (χ1) is 8.00. The summed E-state index contributed by atoms with van der Waals surface area (Å²) in [6, 6.07) is 0. The summed E-state index contributed by atoms with van der Waals surface area (Å²) >= 11 is 0. The van der Waals surface area contributed by atoms with E-state index in [4.69, 9.17) is 0 Å². The number of rotatable bonds is 2. The van der Waals surface area contributed by atoms with Gasteiger partial charge < -0.3 is 0 Å². The Balaban J connectivity index is 3.47. The van der Waals surface area contributed by atoms with Crippen LogP contribution in [0, 0.1) is 10.8 Å². The van der Waals surface area contributed by atoms with Crippen LogP contribution in [0.25, 0.3) is 0 Å². The summed E-state index contributed by atoms with van der Waals surface area (Å²) in [5.41, 5.74) is 2.21. The molecule has 0 saturated carbocycles. The van der Waals surface area contributed by atoms with Gasteiger partial charge >= 0.3 is 0 Å². The van der Waals surface area contributed by atoms with Gasteiger partial charge in [0.1, 0.15) is 0 Å². The van der Waals surface area contributed by atoms with Gasteiger partial charge in [0, 0.05) is 0 Å². The Labute approximate surface area is 121 Å². The number of hydrogen-bond acceptors (Lipinski definition) is 1. The van der Waals surface area contributed by atoms with Gasteiger partial charge in [-0.2, -0.15) is 4.40 Å². The topological polar surface area (TPSA) is 29.4 Å². The lowest BCUT2D eigenvalue weighted by Crippen LogP contribution is -2.21. The Kier molecular flexibility index (Phi) is 5.73. The summed E-state index contributed by atoms with van der Waals surface area (Å²) in [6.07, 6.45) is 0. The number of nitrogens with zero attached hydrogens (tertiary/aromatic N) is 1. The maximum Gasteiger partial charge on any atom is 0.169 e. The second kappa shape index (κ2) is 5.95. The average Bonchev–Trinajstić information content (AvgIpc) is 2.53. The highest BCUT2D eigenvalue weighted by Crippen LogP contribution is 2.70. The summed E-state index contributed by atoms with van der Waals surface area (Å²) in [4.78, 5) is 1.02. The first-order valence-corrected chi connectivity index (χ1v) is 13.5. The average molecular weight is 341 g/mol. The van der Waals surface area contributed by atoms with Crippen LogP contribution in [0.4, 0.5) is 0 Å². The Bertz CT molecular complexity index is 431. The predicted octanol–water partition coefficient (Wildman–Crippen LogP) is 5.06. The molecule has 0 aromatic carbocycles. The van der Waals surface area contributed by atoms with E-state index >= 15 is 0 Å². The Morgan fingerprint density at radius 3 is 2.00 bits per heavy atom. The van der Waals surface area contributed by atoms with E-state index in [2.05, 4.69) is 63.8 Å². The van der Waals surface area contributed by atoms with Gasteiger partial charge in [0.25, 0.3) is 0 Å². The van der Waals surface area contributed by atoms with E-state index in [0.717, 1.165) is 18.3 Å². The van der Waals surface area contributed by atoms with Crippen molar-refractivity contribution in [2.45, 2.75) is 41.5 Å². The van der Waals surface area contributed by atoms with E-state index in [1.54, 1.807) is 0 Å². The molecule has 0 bridgehead atoms. The van der Waals surface area contributed by atoms with Crippen LogP contribution in [0.1, 0.15) is 41.5 Å². The largest absolute Gasteiger partial charge is 0.230 e. The molecule has 1 aliphatic rings.